The summed E-state index contributed by atoms with van der Waals surface area (Å²) in [7, 11) is 1.54. The van der Waals surface area contributed by atoms with Crippen molar-refractivity contribution in [2.45, 2.75) is 58.6 Å². The molecule has 1 saturated carbocycles. The van der Waals surface area contributed by atoms with Crippen LogP contribution < -0.4 is 14.8 Å². The maximum atomic E-state index is 12.4. The molecule has 6 heteroatoms. The molecule has 1 aliphatic carbocycles. The van der Waals surface area contributed by atoms with Gasteiger partial charge in [-0.25, -0.2) is 4.79 Å². The zero-order chi connectivity index (χ0) is 19.1. The van der Waals surface area contributed by atoms with Gasteiger partial charge in [0.2, 0.25) is 0 Å². The fourth-order valence-corrected chi connectivity index (χ4v) is 3.18. The quantitative estimate of drug-likeness (QED) is 0.752. The first-order chi connectivity index (χ1) is 12.5. The van der Waals surface area contributed by atoms with E-state index in [0.29, 0.717) is 29.6 Å². The number of carbonyl (C=O) groups excluding carboxylic acids is 2. The Morgan fingerprint density at radius 1 is 1.23 bits per heavy atom. The number of benzene rings is 1. The van der Waals surface area contributed by atoms with E-state index in [-0.39, 0.29) is 11.9 Å². The van der Waals surface area contributed by atoms with E-state index in [2.05, 4.69) is 12.2 Å². The third-order valence-electron chi connectivity index (χ3n) is 4.79. The molecule has 1 fully saturated rings. The first-order valence-corrected chi connectivity index (χ1v) is 9.28. The SMILES string of the molecule is CCOc1cc(C(=O)O[C@H](C)C(=O)N[C@H]2CCCC[C@@H]2C)ccc1OC. The van der Waals surface area contributed by atoms with Crippen LogP contribution in [0.3, 0.4) is 0 Å². The van der Waals surface area contributed by atoms with Crippen LogP contribution in [0, 0.1) is 5.92 Å². The molecule has 3 atom stereocenters. The third-order valence-corrected chi connectivity index (χ3v) is 4.79. The molecule has 0 saturated heterocycles. The van der Waals surface area contributed by atoms with Crippen molar-refractivity contribution in [2.75, 3.05) is 13.7 Å². The molecule has 0 spiro atoms. The second-order valence-corrected chi connectivity index (χ2v) is 6.72. The lowest BCUT2D eigenvalue weighted by Crippen LogP contribution is -2.45. The van der Waals surface area contributed by atoms with Crippen LogP contribution in [0.2, 0.25) is 0 Å². The number of ether oxygens (including phenoxy) is 3. The predicted octanol–water partition coefficient (Wildman–Crippen LogP) is 3.33. The Kier molecular flexibility index (Phi) is 7.30. The van der Waals surface area contributed by atoms with Gasteiger partial charge in [0, 0.05) is 6.04 Å². The molecule has 1 aromatic carbocycles. The molecule has 0 radical (unpaired) electrons. The van der Waals surface area contributed by atoms with Gasteiger partial charge in [0.15, 0.2) is 17.6 Å². The molecule has 0 aromatic heterocycles. The maximum Gasteiger partial charge on any atom is 0.339 e. The van der Waals surface area contributed by atoms with Crippen LogP contribution in [0.5, 0.6) is 11.5 Å². The topological polar surface area (TPSA) is 73.9 Å². The highest BCUT2D eigenvalue weighted by atomic mass is 16.5. The van der Waals surface area contributed by atoms with Crippen molar-refractivity contribution in [1.82, 2.24) is 5.32 Å². The van der Waals surface area contributed by atoms with Crippen LogP contribution >= 0.6 is 0 Å². The molecule has 0 bridgehead atoms. The van der Waals surface area contributed by atoms with Gasteiger partial charge in [-0.15, -0.1) is 0 Å². The molecule has 1 aromatic rings. The summed E-state index contributed by atoms with van der Waals surface area (Å²) >= 11 is 0. The maximum absolute atomic E-state index is 12.4. The molecule has 0 heterocycles. The fraction of sp³-hybridized carbons (Fsp3) is 0.600. The van der Waals surface area contributed by atoms with Gasteiger partial charge < -0.3 is 19.5 Å². The molecule has 0 aliphatic heterocycles. The Morgan fingerprint density at radius 3 is 2.62 bits per heavy atom. The third kappa shape index (κ3) is 5.13. The van der Waals surface area contributed by atoms with Gasteiger partial charge in [-0.05, 0) is 50.8 Å². The van der Waals surface area contributed by atoms with Crippen molar-refractivity contribution in [3.63, 3.8) is 0 Å². The molecule has 26 heavy (non-hydrogen) atoms. The minimum Gasteiger partial charge on any atom is -0.493 e. The normalized spacial score (nSPS) is 20.8. The van der Waals surface area contributed by atoms with Crippen LogP contribution in [0.1, 0.15) is 56.8 Å². The number of rotatable bonds is 7. The van der Waals surface area contributed by atoms with E-state index in [1.54, 1.807) is 25.1 Å². The zero-order valence-electron chi connectivity index (χ0n) is 16.0. The van der Waals surface area contributed by atoms with Gasteiger partial charge in [-0.3, -0.25) is 4.79 Å². The summed E-state index contributed by atoms with van der Waals surface area (Å²) in [5, 5.41) is 3.01. The Bertz CT molecular complexity index is 631. The van der Waals surface area contributed by atoms with Gasteiger partial charge in [-0.2, -0.15) is 0 Å². The van der Waals surface area contributed by atoms with Crippen LogP contribution in [-0.2, 0) is 9.53 Å². The summed E-state index contributed by atoms with van der Waals surface area (Å²) in [4.78, 5) is 24.7. The summed E-state index contributed by atoms with van der Waals surface area (Å²) in [5.41, 5.74) is 0.319. The summed E-state index contributed by atoms with van der Waals surface area (Å²) < 4.78 is 16.0. The smallest absolute Gasteiger partial charge is 0.339 e. The lowest BCUT2D eigenvalue weighted by molar-refractivity contribution is -0.130. The van der Waals surface area contributed by atoms with E-state index in [9.17, 15) is 9.59 Å². The van der Waals surface area contributed by atoms with Crippen molar-refractivity contribution < 1.29 is 23.8 Å². The average Bonchev–Trinajstić information content (AvgIpc) is 2.63. The van der Waals surface area contributed by atoms with Crippen molar-refractivity contribution in [3.05, 3.63) is 23.8 Å². The minimum atomic E-state index is -0.853. The molecule has 144 valence electrons. The second-order valence-electron chi connectivity index (χ2n) is 6.72. The fourth-order valence-electron chi connectivity index (χ4n) is 3.18. The van der Waals surface area contributed by atoms with Gasteiger partial charge in [0.05, 0.1) is 19.3 Å². The number of esters is 1. The Balaban J connectivity index is 1.97. The summed E-state index contributed by atoms with van der Waals surface area (Å²) in [6, 6.07) is 4.97. The molecule has 2 rings (SSSR count). The molecule has 0 unspecified atom stereocenters. The van der Waals surface area contributed by atoms with Crippen molar-refractivity contribution in [2.24, 2.45) is 5.92 Å². The lowest BCUT2D eigenvalue weighted by atomic mass is 9.86. The lowest BCUT2D eigenvalue weighted by Gasteiger charge is -2.30. The number of methoxy groups -OCH3 is 1. The predicted molar refractivity (Wildman–Crippen MR) is 98.6 cm³/mol. The Morgan fingerprint density at radius 2 is 1.96 bits per heavy atom. The van der Waals surface area contributed by atoms with Gasteiger partial charge >= 0.3 is 5.97 Å². The molecular formula is C20H29NO5. The number of hydrogen-bond donors (Lipinski definition) is 1. The van der Waals surface area contributed by atoms with E-state index >= 15 is 0 Å². The summed E-state index contributed by atoms with van der Waals surface area (Å²) in [6.07, 6.45) is 3.57. The molecular weight excluding hydrogens is 334 g/mol. The van der Waals surface area contributed by atoms with E-state index in [1.165, 1.54) is 13.5 Å². The van der Waals surface area contributed by atoms with E-state index in [4.69, 9.17) is 14.2 Å². The number of hydrogen-bond acceptors (Lipinski definition) is 5. The van der Waals surface area contributed by atoms with E-state index < -0.39 is 12.1 Å². The van der Waals surface area contributed by atoms with Crippen LogP contribution in [0.15, 0.2) is 18.2 Å². The van der Waals surface area contributed by atoms with Crippen molar-refractivity contribution in [3.8, 4) is 11.5 Å². The Hall–Kier alpha value is -2.24. The zero-order valence-corrected chi connectivity index (χ0v) is 16.0. The van der Waals surface area contributed by atoms with Gasteiger partial charge in [-0.1, -0.05) is 19.8 Å². The van der Waals surface area contributed by atoms with Crippen molar-refractivity contribution in [1.29, 1.82) is 0 Å². The first kappa shape index (κ1) is 20.1. The molecule has 6 nitrogen and oxygen atoms in total. The first-order valence-electron chi connectivity index (χ1n) is 9.28. The van der Waals surface area contributed by atoms with Crippen LogP contribution in [-0.4, -0.2) is 37.7 Å². The molecule has 1 aliphatic rings. The second kappa shape index (κ2) is 9.46. The van der Waals surface area contributed by atoms with Gasteiger partial charge in [0.1, 0.15) is 0 Å². The monoisotopic (exact) mass is 363 g/mol. The number of nitrogens with one attached hydrogen (secondary N) is 1. The molecule has 1 N–H and O–H groups in total. The summed E-state index contributed by atoms with van der Waals surface area (Å²) in [6.45, 7) is 6.04. The summed E-state index contributed by atoms with van der Waals surface area (Å²) in [5.74, 6) is 0.646. The van der Waals surface area contributed by atoms with E-state index in [1.807, 2.05) is 6.92 Å². The van der Waals surface area contributed by atoms with Crippen molar-refractivity contribution >= 4 is 11.9 Å². The van der Waals surface area contributed by atoms with Crippen LogP contribution in [0.4, 0.5) is 0 Å². The Labute approximate surface area is 155 Å². The highest BCUT2D eigenvalue weighted by Gasteiger charge is 2.26. The molecule has 1 amide bonds. The number of amides is 1. The van der Waals surface area contributed by atoms with Crippen LogP contribution in [0.25, 0.3) is 0 Å². The highest BCUT2D eigenvalue weighted by Crippen LogP contribution is 2.28. The minimum absolute atomic E-state index is 0.156. The number of carbonyl (C=O) groups is 2. The highest BCUT2D eigenvalue weighted by molar-refractivity contribution is 5.92. The van der Waals surface area contributed by atoms with E-state index in [0.717, 1.165) is 19.3 Å². The van der Waals surface area contributed by atoms with Gasteiger partial charge in [0.25, 0.3) is 5.91 Å². The largest absolute Gasteiger partial charge is 0.493 e. The standard InChI is InChI=1S/C20H29NO5/c1-5-25-18-12-15(10-11-17(18)24-4)20(23)26-14(3)19(22)21-16-9-7-6-8-13(16)2/h10-14,16H,5-9H2,1-4H3,(H,21,22)/t13-,14+,16-/m0/s1. The average molecular weight is 363 g/mol.